The highest BCUT2D eigenvalue weighted by molar-refractivity contribution is 6.30. The Morgan fingerprint density at radius 2 is 1.70 bits per heavy atom. The van der Waals surface area contributed by atoms with Gasteiger partial charge in [0.2, 0.25) is 0 Å². The molecule has 2 amide bonds. The zero-order valence-corrected chi connectivity index (χ0v) is 25.2. The van der Waals surface area contributed by atoms with Gasteiger partial charge in [-0.15, -0.1) is 0 Å². The van der Waals surface area contributed by atoms with Crippen LogP contribution in [-0.4, -0.2) is 54.3 Å². The van der Waals surface area contributed by atoms with Crippen LogP contribution in [0, 0.1) is 0 Å². The smallest absolute Gasteiger partial charge is 0.411 e. The number of allylic oxidation sites excluding steroid dienone is 6. The van der Waals surface area contributed by atoms with E-state index in [9.17, 15) is 14.7 Å². The first-order chi connectivity index (χ1) is 20.7. The lowest BCUT2D eigenvalue weighted by atomic mass is 10.0. The van der Waals surface area contributed by atoms with Crippen molar-refractivity contribution in [2.45, 2.75) is 31.8 Å². The maximum atomic E-state index is 12.6. The molecule has 0 aromatic heterocycles. The number of likely N-dealkylation sites (tertiary alicyclic amines) is 1. The van der Waals surface area contributed by atoms with Gasteiger partial charge in [-0.25, -0.2) is 4.79 Å². The minimum Gasteiger partial charge on any atom is -0.507 e. The third kappa shape index (κ3) is 10.8. The lowest BCUT2D eigenvalue weighted by molar-refractivity contribution is 0.0527. The Hall–Kier alpha value is -4.33. The van der Waals surface area contributed by atoms with Crippen molar-refractivity contribution in [2.24, 2.45) is 0 Å². The molecule has 8 heteroatoms. The first-order valence-electron chi connectivity index (χ1n) is 14.2. The summed E-state index contributed by atoms with van der Waals surface area (Å²) in [4.78, 5) is 27.3. The van der Waals surface area contributed by atoms with Gasteiger partial charge in [0, 0.05) is 31.2 Å². The van der Waals surface area contributed by atoms with Gasteiger partial charge < -0.3 is 20.1 Å². The van der Waals surface area contributed by atoms with Gasteiger partial charge in [-0.2, -0.15) is 0 Å². The highest BCUT2D eigenvalue weighted by Gasteiger charge is 2.23. The SMILES string of the molecule is C=C/C=C\C(=C)C(=C)/C(=C\C=C)NC(=O)OC1CCN(CCc2ccc(CCNC(=O)c3ccc(Cl)cc3O)cc2)CC1. The van der Waals surface area contributed by atoms with Gasteiger partial charge in [-0.3, -0.25) is 10.1 Å². The molecule has 0 bridgehead atoms. The van der Waals surface area contributed by atoms with Crippen LogP contribution in [0.3, 0.4) is 0 Å². The van der Waals surface area contributed by atoms with Crippen LogP contribution in [0.2, 0.25) is 5.02 Å². The van der Waals surface area contributed by atoms with Crippen molar-refractivity contribution in [3.63, 3.8) is 0 Å². The number of hydrogen-bond donors (Lipinski definition) is 3. The van der Waals surface area contributed by atoms with Gasteiger partial charge in [0.05, 0.1) is 11.3 Å². The molecule has 2 aromatic carbocycles. The van der Waals surface area contributed by atoms with E-state index in [0.29, 0.717) is 34.8 Å². The van der Waals surface area contributed by atoms with Crippen LogP contribution in [0.25, 0.3) is 0 Å². The van der Waals surface area contributed by atoms with Gasteiger partial charge in [0.1, 0.15) is 11.9 Å². The Labute approximate surface area is 259 Å². The molecule has 0 spiro atoms. The number of ether oxygens (including phenoxy) is 1. The third-order valence-electron chi connectivity index (χ3n) is 7.12. The van der Waals surface area contributed by atoms with Crippen molar-refractivity contribution in [1.29, 1.82) is 0 Å². The van der Waals surface area contributed by atoms with E-state index in [1.165, 1.54) is 17.7 Å². The first-order valence-corrected chi connectivity index (χ1v) is 14.6. The number of rotatable bonds is 14. The van der Waals surface area contributed by atoms with Crippen LogP contribution in [0.15, 0.2) is 116 Å². The third-order valence-corrected chi connectivity index (χ3v) is 7.35. The molecule has 1 heterocycles. The Balaban J connectivity index is 1.36. The molecule has 0 atom stereocenters. The van der Waals surface area contributed by atoms with Crippen LogP contribution in [0.4, 0.5) is 4.79 Å². The van der Waals surface area contributed by atoms with Crippen molar-refractivity contribution in [3.8, 4) is 5.75 Å². The summed E-state index contributed by atoms with van der Waals surface area (Å²) in [7, 11) is 0. The van der Waals surface area contributed by atoms with E-state index >= 15 is 0 Å². The highest BCUT2D eigenvalue weighted by atomic mass is 35.5. The molecule has 226 valence electrons. The van der Waals surface area contributed by atoms with Crippen molar-refractivity contribution in [2.75, 3.05) is 26.2 Å². The van der Waals surface area contributed by atoms with Crippen LogP contribution < -0.4 is 10.6 Å². The highest BCUT2D eigenvalue weighted by Crippen LogP contribution is 2.22. The fourth-order valence-corrected chi connectivity index (χ4v) is 4.77. The zero-order valence-electron chi connectivity index (χ0n) is 24.5. The number of piperidine rings is 1. The summed E-state index contributed by atoms with van der Waals surface area (Å²) in [6.07, 6.45) is 10.9. The largest absolute Gasteiger partial charge is 0.507 e. The standard InChI is InChI=1S/C35H40ClN3O4/c1-5-7-9-25(3)26(4)32(8-6-2)38-35(42)43-30-18-22-39(23-19-30)21-17-28-12-10-27(11-13-28)16-20-37-34(41)31-15-14-29(36)24-33(31)40/h5-15,24,30,40H,1-4,16-23H2,(H,37,41)(H,38,42)/b9-7-,32-8+. The topological polar surface area (TPSA) is 90.9 Å². The van der Waals surface area contributed by atoms with Crippen molar-refractivity contribution in [3.05, 3.63) is 138 Å². The summed E-state index contributed by atoms with van der Waals surface area (Å²) >= 11 is 5.83. The number of carbonyl (C=O) groups is 2. The fraction of sp³-hybridized carbons (Fsp3) is 0.257. The zero-order chi connectivity index (χ0) is 31.2. The molecule has 0 radical (unpaired) electrons. The average molecular weight is 602 g/mol. The van der Waals surface area contributed by atoms with Crippen molar-refractivity contribution >= 4 is 23.6 Å². The molecule has 1 fully saturated rings. The predicted octanol–water partition coefficient (Wildman–Crippen LogP) is 6.68. The van der Waals surface area contributed by atoms with E-state index in [4.69, 9.17) is 16.3 Å². The van der Waals surface area contributed by atoms with Crippen LogP contribution in [-0.2, 0) is 17.6 Å². The number of benzene rings is 2. The maximum absolute atomic E-state index is 12.6. The molecule has 3 rings (SSSR count). The molecule has 0 unspecified atom stereocenters. The fourth-order valence-electron chi connectivity index (χ4n) is 4.61. The number of carbonyl (C=O) groups excluding carboxylic acids is 2. The normalized spacial score (nSPS) is 14.2. The number of aromatic hydroxyl groups is 1. The van der Waals surface area contributed by atoms with Crippen molar-refractivity contribution in [1.82, 2.24) is 15.5 Å². The summed E-state index contributed by atoms with van der Waals surface area (Å²) in [5, 5.41) is 15.9. The Morgan fingerprint density at radius 3 is 2.33 bits per heavy atom. The summed E-state index contributed by atoms with van der Waals surface area (Å²) in [5.74, 6) is -0.468. The molecule has 2 aromatic rings. The Morgan fingerprint density at radius 1 is 1.02 bits per heavy atom. The van der Waals surface area contributed by atoms with Gasteiger partial charge >= 0.3 is 6.09 Å². The molecule has 1 aliphatic heterocycles. The second-order valence-electron chi connectivity index (χ2n) is 10.2. The lowest BCUT2D eigenvalue weighted by Crippen LogP contribution is -2.40. The number of nitrogens with one attached hydrogen (secondary N) is 2. The quantitative estimate of drug-likeness (QED) is 0.210. The van der Waals surface area contributed by atoms with E-state index in [1.54, 1.807) is 36.4 Å². The van der Waals surface area contributed by atoms with E-state index in [-0.39, 0.29) is 23.3 Å². The number of hydrogen-bond acceptors (Lipinski definition) is 5. The Bertz CT molecular complexity index is 1390. The summed E-state index contributed by atoms with van der Waals surface area (Å²) in [5.41, 5.74) is 4.27. The van der Waals surface area contributed by atoms with Crippen LogP contribution in [0.1, 0.15) is 34.3 Å². The van der Waals surface area contributed by atoms with E-state index in [1.807, 2.05) is 0 Å². The summed E-state index contributed by atoms with van der Waals surface area (Å²) in [6, 6.07) is 12.8. The van der Waals surface area contributed by atoms with Crippen molar-refractivity contribution < 1.29 is 19.4 Å². The molecular weight excluding hydrogens is 562 g/mol. The van der Waals surface area contributed by atoms with Gasteiger partial charge in [-0.1, -0.05) is 86.5 Å². The van der Waals surface area contributed by atoms with Crippen LogP contribution >= 0.6 is 11.6 Å². The summed E-state index contributed by atoms with van der Waals surface area (Å²) in [6.45, 7) is 18.4. The van der Waals surface area contributed by atoms with Crippen LogP contribution in [0.5, 0.6) is 5.75 Å². The molecular formula is C35H40ClN3O4. The number of phenols is 1. The Kier molecular flexibility index (Phi) is 13.1. The molecule has 1 aliphatic rings. The van der Waals surface area contributed by atoms with E-state index in [2.05, 4.69) is 66.1 Å². The number of nitrogens with zero attached hydrogens (tertiary/aromatic N) is 1. The molecule has 0 saturated carbocycles. The molecule has 43 heavy (non-hydrogen) atoms. The van der Waals surface area contributed by atoms with E-state index in [0.717, 1.165) is 44.5 Å². The number of phenolic OH excluding ortho intramolecular Hbond substituents is 1. The minimum absolute atomic E-state index is 0.135. The molecule has 0 aliphatic carbocycles. The number of amides is 2. The monoisotopic (exact) mass is 601 g/mol. The van der Waals surface area contributed by atoms with Gasteiger partial charge in [0.25, 0.3) is 5.91 Å². The van der Waals surface area contributed by atoms with Gasteiger partial charge in [0.15, 0.2) is 0 Å². The number of halogens is 1. The molecule has 1 saturated heterocycles. The van der Waals surface area contributed by atoms with Gasteiger partial charge in [-0.05, 0) is 72.2 Å². The first kappa shape index (κ1) is 33.2. The predicted molar refractivity (Wildman–Crippen MR) is 174 cm³/mol. The second kappa shape index (κ2) is 16.9. The molecule has 3 N–H and O–H groups in total. The average Bonchev–Trinajstić information content (AvgIpc) is 2.99. The second-order valence-corrected chi connectivity index (χ2v) is 10.7. The van der Waals surface area contributed by atoms with E-state index < -0.39 is 6.09 Å². The number of alkyl carbamates (subject to hydrolysis) is 1. The molecule has 7 nitrogen and oxygen atoms in total. The minimum atomic E-state index is -0.518. The lowest BCUT2D eigenvalue weighted by Gasteiger charge is -2.31. The summed E-state index contributed by atoms with van der Waals surface area (Å²) < 4.78 is 5.69. The maximum Gasteiger partial charge on any atom is 0.411 e.